The van der Waals surface area contributed by atoms with Gasteiger partial charge < -0.3 is 10.2 Å². The van der Waals surface area contributed by atoms with E-state index in [-0.39, 0.29) is 11.8 Å². The molecule has 0 fully saturated rings. The molecule has 1 N–H and O–H groups in total. The minimum absolute atomic E-state index is 0.0149. The number of benzene rings is 2. The molecule has 2 amide bonds. The molecule has 1 aliphatic heterocycles. The summed E-state index contributed by atoms with van der Waals surface area (Å²) in [5.41, 5.74) is 4.37. The number of aryl methyl sites for hydroxylation is 1. The fourth-order valence-corrected chi connectivity index (χ4v) is 3.20. The summed E-state index contributed by atoms with van der Waals surface area (Å²) in [5, 5.41) is 2.98. The van der Waals surface area contributed by atoms with Crippen LogP contribution in [0.2, 0.25) is 0 Å². The molecule has 0 spiro atoms. The van der Waals surface area contributed by atoms with E-state index in [1.165, 1.54) is 5.56 Å². The van der Waals surface area contributed by atoms with Crippen molar-refractivity contribution in [1.82, 2.24) is 4.90 Å². The largest absolute Gasteiger partial charge is 0.338 e. The van der Waals surface area contributed by atoms with Crippen molar-refractivity contribution in [3.63, 3.8) is 0 Å². The second-order valence-electron chi connectivity index (χ2n) is 6.44. The molecular weight excluding hydrogens is 312 g/mol. The molecular formula is C21H24N2O2. The molecule has 0 aliphatic carbocycles. The Hall–Kier alpha value is -2.62. The Morgan fingerprint density at radius 1 is 1.08 bits per heavy atom. The van der Waals surface area contributed by atoms with Crippen LogP contribution in [0.15, 0.2) is 48.5 Å². The first-order valence-corrected chi connectivity index (χ1v) is 8.89. The van der Waals surface area contributed by atoms with E-state index in [1.54, 1.807) is 0 Å². The Morgan fingerprint density at radius 3 is 2.64 bits per heavy atom. The Morgan fingerprint density at radius 2 is 1.88 bits per heavy atom. The van der Waals surface area contributed by atoms with Gasteiger partial charge >= 0.3 is 0 Å². The second kappa shape index (κ2) is 7.97. The fourth-order valence-electron chi connectivity index (χ4n) is 3.20. The van der Waals surface area contributed by atoms with E-state index in [9.17, 15) is 9.59 Å². The van der Waals surface area contributed by atoms with Crippen LogP contribution in [0, 0.1) is 0 Å². The highest BCUT2D eigenvalue weighted by atomic mass is 16.2. The van der Waals surface area contributed by atoms with Crippen LogP contribution >= 0.6 is 0 Å². The smallest absolute Gasteiger partial charge is 0.224 e. The zero-order chi connectivity index (χ0) is 17.6. The second-order valence-corrected chi connectivity index (χ2v) is 6.44. The number of hydrogen-bond donors (Lipinski definition) is 1. The summed E-state index contributed by atoms with van der Waals surface area (Å²) in [6.07, 6.45) is 2.60. The van der Waals surface area contributed by atoms with E-state index in [0.29, 0.717) is 19.4 Å². The van der Waals surface area contributed by atoms with Crippen LogP contribution in [0.25, 0.3) is 0 Å². The van der Waals surface area contributed by atoms with Crippen molar-refractivity contribution in [1.29, 1.82) is 0 Å². The van der Waals surface area contributed by atoms with E-state index in [1.807, 2.05) is 54.3 Å². The number of carbonyl (C=O) groups is 2. The number of anilines is 1. The molecule has 1 aliphatic rings. The zero-order valence-electron chi connectivity index (χ0n) is 14.6. The van der Waals surface area contributed by atoms with Crippen molar-refractivity contribution in [3.8, 4) is 0 Å². The topological polar surface area (TPSA) is 49.4 Å². The minimum atomic E-state index is 0.0149. The van der Waals surface area contributed by atoms with Crippen LogP contribution in [0.4, 0.5) is 5.69 Å². The van der Waals surface area contributed by atoms with Crippen molar-refractivity contribution >= 4 is 17.5 Å². The van der Waals surface area contributed by atoms with Gasteiger partial charge in [0.1, 0.15) is 0 Å². The molecule has 3 rings (SSSR count). The van der Waals surface area contributed by atoms with Crippen LogP contribution in [0.3, 0.4) is 0 Å². The van der Waals surface area contributed by atoms with Gasteiger partial charge in [0.05, 0.1) is 0 Å². The van der Waals surface area contributed by atoms with Gasteiger partial charge in [0.15, 0.2) is 0 Å². The molecule has 130 valence electrons. The SMILES string of the molecule is CCC(=O)N1CCc2ccc(NC(=O)CCc3ccccc3)cc2C1. The summed E-state index contributed by atoms with van der Waals surface area (Å²) >= 11 is 0. The maximum Gasteiger partial charge on any atom is 0.224 e. The van der Waals surface area contributed by atoms with E-state index in [0.717, 1.165) is 36.2 Å². The van der Waals surface area contributed by atoms with E-state index in [2.05, 4.69) is 11.4 Å². The first kappa shape index (κ1) is 17.2. The molecule has 0 saturated carbocycles. The first-order valence-electron chi connectivity index (χ1n) is 8.89. The predicted molar refractivity (Wildman–Crippen MR) is 99.2 cm³/mol. The number of nitrogens with zero attached hydrogens (tertiary/aromatic N) is 1. The molecule has 0 bridgehead atoms. The first-order chi connectivity index (χ1) is 12.2. The lowest BCUT2D eigenvalue weighted by Gasteiger charge is -2.29. The van der Waals surface area contributed by atoms with Crippen LogP contribution in [0.5, 0.6) is 0 Å². The molecule has 0 atom stereocenters. The standard InChI is InChI=1S/C21H24N2O2/c1-2-21(25)23-13-12-17-9-10-19(14-18(17)15-23)22-20(24)11-8-16-6-4-3-5-7-16/h3-7,9-10,14H,2,8,11-13,15H2,1H3,(H,22,24). The quantitative estimate of drug-likeness (QED) is 0.908. The lowest BCUT2D eigenvalue weighted by atomic mass is 9.98. The monoisotopic (exact) mass is 336 g/mol. The molecule has 25 heavy (non-hydrogen) atoms. The van der Waals surface area contributed by atoms with Gasteiger partial charge in [-0.25, -0.2) is 0 Å². The Bertz CT molecular complexity index is 756. The third-order valence-electron chi connectivity index (χ3n) is 4.64. The Kier molecular flexibility index (Phi) is 5.49. The molecule has 0 radical (unpaired) electrons. The highest BCUT2D eigenvalue weighted by Crippen LogP contribution is 2.23. The van der Waals surface area contributed by atoms with Crippen LogP contribution in [-0.4, -0.2) is 23.3 Å². The number of rotatable bonds is 5. The van der Waals surface area contributed by atoms with E-state index >= 15 is 0 Å². The van der Waals surface area contributed by atoms with Gasteiger partial charge in [-0.1, -0.05) is 43.3 Å². The number of fused-ring (bicyclic) bond motifs is 1. The lowest BCUT2D eigenvalue weighted by molar-refractivity contribution is -0.131. The minimum Gasteiger partial charge on any atom is -0.338 e. The normalized spacial score (nSPS) is 13.2. The highest BCUT2D eigenvalue weighted by molar-refractivity contribution is 5.91. The van der Waals surface area contributed by atoms with Crippen molar-refractivity contribution in [2.75, 3.05) is 11.9 Å². The maximum atomic E-state index is 12.2. The van der Waals surface area contributed by atoms with Crippen molar-refractivity contribution in [2.45, 2.75) is 39.2 Å². The predicted octanol–water partition coefficient (Wildman–Crippen LogP) is 3.55. The average Bonchev–Trinajstić information content (AvgIpc) is 2.66. The summed E-state index contributed by atoms with van der Waals surface area (Å²) in [6, 6.07) is 16.0. The average molecular weight is 336 g/mol. The zero-order valence-corrected chi connectivity index (χ0v) is 14.6. The van der Waals surface area contributed by atoms with Gasteiger partial charge in [0.25, 0.3) is 0 Å². The van der Waals surface area contributed by atoms with E-state index < -0.39 is 0 Å². The van der Waals surface area contributed by atoms with Gasteiger partial charge in [-0.2, -0.15) is 0 Å². The summed E-state index contributed by atoms with van der Waals surface area (Å²) in [4.78, 5) is 26.0. The third-order valence-corrected chi connectivity index (χ3v) is 4.64. The van der Waals surface area contributed by atoms with Crippen molar-refractivity contribution < 1.29 is 9.59 Å². The molecule has 0 unspecified atom stereocenters. The van der Waals surface area contributed by atoms with Crippen LogP contribution in [0.1, 0.15) is 36.5 Å². The summed E-state index contributed by atoms with van der Waals surface area (Å²) in [7, 11) is 0. The lowest BCUT2D eigenvalue weighted by Crippen LogP contribution is -2.35. The fraction of sp³-hybridized carbons (Fsp3) is 0.333. The summed E-state index contributed by atoms with van der Waals surface area (Å²) < 4.78 is 0. The highest BCUT2D eigenvalue weighted by Gasteiger charge is 2.19. The number of amides is 2. The molecule has 2 aromatic rings. The molecule has 0 aromatic heterocycles. The summed E-state index contributed by atoms with van der Waals surface area (Å²) in [6.45, 7) is 3.30. The van der Waals surface area contributed by atoms with Gasteiger partial charge in [-0.05, 0) is 41.7 Å². The van der Waals surface area contributed by atoms with Gasteiger partial charge in [0, 0.05) is 31.6 Å². The number of carbonyl (C=O) groups excluding carboxylic acids is 2. The van der Waals surface area contributed by atoms with E-state index in [4.69, 9.17) is 0 Å². The van der Waals surface area contributed by atoms with Crippen molar-refractivity contribution in [3.05, 3.63) is 65.2 Å². The summed E-state index contributed by atoms with van der Waals surface area (Å²) in [5.74, 6) is 0.198. The van der Waals surface area contributed by atoms with Gasteiger partial charge in [-0.3, -0.25) is 9.59 Å². The van der Waals surface area contributed by atoms with Gasteiger partial charge in [0.2, 0.25) is 11.8 Å². The number of nitrogens with one attached hydrogen (secondary N) is 1. The van der Waals surface area contributed by atoms with Crippen molar-refractivity contribution in [2.24, 2.45) is 0 Å². The Balaban J connectivity index is 1.60. The maximum absolute atomic E-state index is 12.2. The van der Waals surface area contributed by atoms with Gasteiger partial charge in [-0.15, -0.1) is 0 Å². The number of hydrogen-bond acceptors (Lipinski definition) is 2. The van der Waals surface area contributed by atoms with Crippen LogP contribution < -0.4 is 5.32 Å². The third kappa shape index (κ3) is 4.47. The molecule has 0 saturated heterocycles. The molecule has 4 heteroatoms. The molecule has 1 heterocycles. The van der Waals surface area contributed by atoms with Crippen LogP contribution in [-0.2, 0) is 29.0 Å². The molecule has 4 nitrogen and oxygen atoms in total. The molecule has 2 aromatic carbocycles. The Labute approximate surface area is 148 Å².